The van der Waals surface area contributed by atoms with Crippen molar-refractivity contribution in [2.75, 3.05) is 0 Å². The van der Waals surface area contributed by atoms with Gasteiger partial charge in [-0.05, 0) is 55.4 Å². The zero-order chi connectivity index (χ0) is 11.6. The molecule has 0 rings (SSSR count). The van der Waals surface area contributed by atoms with Crippen molar-refractivity contribution < 1.29 is 9.47 Å². The van der Waals surface area contributed by atoms with E-state index < -0.39 is 0 Å². The van der Waals surface area contributed by atoms with E-state index in [4.69, 9.17) is 9.47 Å². The quantitative estimate of drug-likeness (QED) is 0.698. The fraction of sp³-hybridized carbons (Fsp3) is 1.00. The number of ether oxygens (including phenoxy) is 2. The molecule has 0 radical (unpaired) electrons. The second kappa shape index (κ2) is 4.63. The Morgan fingerprint density at radius 3 is 1.00 bits per heavy atom. The summed E-state index contributed by atoms with van der Waals surface area (Å²) in [6, 6.07) is 0. The van der Waals surface area contributed by atoms with E-state index in [0.29, 0.717) is 0 Å². The molecule has 0 amide bonds. The Hall–Kier alpha value is -0.0800. The lowest BCUT2D eigenvalue weighted by Crippen LogP contribution is -2.38. The summed E-state index contributed by atoms with van der Waals surface area (Å²) in [5, 5.41) is 0. The second-order valence-electron chi connectivity index (χ2n) is 5.87. The Morgan fingerprint density at radius 2 is 0.857 bits per heavy atom. The van der Waals surface area contributed by atoms with Crippen molar-refractivity contribution in [2.24, 2.45) is 0 Å². The molecule has 2 atom stereocenters. The monoisotopic (exact) mass is 202 g/mol. The van der Waals surface area contributed by atoms with E-state index in [1.54, 1.807) is 0 Å². The SMILES string of the molecule is CC(OC(C)(C)C)C(C)OC(C)(C)C. The van der Waals surface area contributed by atoms with Gasteiger partial charge in [0.05, 0.1) is 23.4 Å². The van der Waals surface area contributed by atoms with E-state index in [1.165, 1.54) is 0 Å². The number of rotatable bonds is 3. The van der Waals surface area contributed by atoms with Crippen LogP contribution in [0, 0.1) is 0 Å². The van der Waals surface area contributed by atoms with Gasteiger partial charge in [-0.1, -0.05) is 0 Å². The summed E-state index contributed by atoms with van der Waals surface area (Å²) in [5.74, 6) is 0. The zero-order valence-electron chi connectivity index (χ0n) is 11.0. The van der Waals surface area contributed by atoms with E-state index in [0.717, 1.165) is 0 Å². The molecule has 2 heteroatoms. The van der Waals surface area contributed by atoms with Gasteiger partial charge in [0.1, 0.15) is 0 Å². The molecule has 0 aromatic carbocycles. The summed E-state index contributed by atoms with van der Waals surface area (Å²) in [7, 11) is 0. The molecule has 0 fully saturated rings. The summed E-state index contributed by atoms with van der Waals surface area (Å²) >= 11 is 0. The van der Waals surface area contributed by atoms with Crippen LogP contribution in [0.2, 0.25) is 0 Å². The van der Waals surface area contributed by atoms with Crippen LogP contribution in [0.25, 0.3) is 0 Å². The standard InChI is InChI=1S/C12H26O2/c1-9(13-11(3,4)5)10(2)14-12(6,7)8/h9-10H,1-8H3. The molecule has 0 bridgehead atoms. The van der Waals surface area contributed by atoms with Crippen LogP contribution in [0.5, 0.6) is 0 Å². The summed E-state index contributed by atoms with van der Waals surface area (Å²) in [5.41, 5.74) is -0.205. The molecule has 0 saturated heterocycles. The van der Waals surface area contributed by atoms with Crippen molar-refractivity contribution in [1.82, 2.24) is 0 Å². The van der Waals surface area contributed by atoms with Crippen molar-refractivity contribution >= 4 is 0 Å². The molecular weight excluding hydrogens is 176 g/mol. The molecule has 0 heterocycles. The van der Waals surface area contributed by atoms with Gasteiger partial charge in [0.25, 0.3) is 0 Å². The maximum absolute atomic E-state index is 5.82. The highest BCUT2D eigenvalue weighted by atomic mass is 16.6. The predicted octanol–water partition coefficient (Wildman–Crippen LogP) is 3.39. The molecule has 0 aromatic heterocycles. The molecule has 0 spiro atoms. The van der Waals surface area contributed by atoms with Gasteiger partial charge in [-0.25, -0.2) is 0 Å². The Kier molecular flexibility index (Phi) is 4.60. The van der Waals surface area contributed by atoms with Crippen molar-refractivity contribution in [2.45, 2.75) is 78.8 Å². The average Bonchev–Trinajstić information content (AvgIpc) is 1.78. The minimum atomic E-state index is -0.102. The first-order valence-electron chi connectivity index (χ1n) is 5.37. The van der Waals surface area contributed by atoms with Crippen molar-refractivity contribution in [1.29, 1.82) is 0 Å². The van der Waals surface area contributed by atoms with Gasteiger partial charge in [0.2, 0.25) is 0 Å². The van der Waals surface area contributed by atoms with Crippen LogP contribution < -0.4 is 0 Å². The van der Waals surface area contributed by atoms with Crippen LogP contribution in [0.1, 0.15) is 55.4 Å². The third kappa shape index (κ3) is 7.34. The van der Waals surface area contributed by atoms with Gasteiger partial charge in [-0.15, -0.1) is 0 Å². The zero-order valence-corrected chi connectivity index (χ0v) is 11.0. The van der Waals surface area contributed by atoms with E-state index >= 15 is 0 Å². The van der Waals surface area contributed by atoms with Gasteiger partial charge >= 0.3 is 0 Å². The van der Waals surface area contributed by atoms with Crippen LogP contribution in [-0.2, 0) is 9.47 Å². The highest BCUT2D eigenvalue weighted by Crippen LogP contribution is 2.18. The third-order valence-corrected chi connectivity index (χ3v) is 1.74. The van der Waals surface area contributed by atoms with E-state index in [2.05, 4.69) is 55.4 Å². The third-order valence-electron chi connectivity index (χ3n) is 1.74. The summed E-state index contributed by atoms with van der Waals surface area (Å²) in [4.78, 5) is 0. The lowest BCUT2D eigenvalue weighted by Gasteiger charge is -2.33. The van der Waals surface area contributed by atoms with Crippen LogP contribution in [-0.4, -0.2) is 23.4 Å². The first-order chi connectivity index (χ1) is 6.01. The van der Waals surface area contributed by atoms with Gasteiger partial charge in [-0.3, -0.25) is 0 Å². The minimum absolute atomic E-state index is 0.102. The molecule has 2 nitrogen and oxygen atoms in total. The Bertz CT molecular complexity index is 142. The van der Waals surface area contributed by atoms with Gasteiger partial charge in [0, 0.05) is 0 Å². The fourth-order valence-electron chi connectivity index (χ4n) is 1.31. The van der Waals surface area contributed by atoms with E-state index in [1.807, 2.05) is 0 Å². The summed E-state index contributed by atoms with van der Waals surface area (Å²) in [6.07, 6.45) is 0.239. The lowest BCUT2D eigenvalue weighted by molar-refractivity contribution is -0.150. The van der Waals surface area contributed by atoms with Gasteiger partial charge < -0.3 is 9.47 Å². The number of hydrogen-bond donors (Lipinski definition) is 0. The molecule has 14 heavy (non-hydrogen) atoms. The Morgan fingerprint density at radius 1 is 0.643 bits per heavy atom. The molecule has 0 saturated carbocycles. The Balaban J connectivity index is 4.07. The van der Waals surface area contributed by atoms with Gasteiger partial charge in [-0.2, -0.15) is 0 Å². The fourth-order valence-corrected chi connectivity index (χ4v) is 1.31. The average molecular weight is 202 g/mol. The second-order valence-corrected chi connectivity index (χ2v) is 5.87. The Labute approximate surface area is 89.0 Å². The highest BCUT2D eigenvalue weighted by Gasteiger charge is 2.24. The van der Waals surface area contributed by atoms with Crippen LogP contribution in [0.15, 0.2) is 0 Å². The molecule has 0 aliphatic rings. The number of hydrogen-bond acceptors (Lipinski definition) is 2. The van der Waals surface area contributed by atoms with E-state index in [-0.39, 0.29) is 23.4 Å². The smallest absolute Gasteiger partial charge is 0.0813 e. The maximum atomic E-state index is 5.82. The predicted molar refractivity (Wildman–Crippen MR) is 60.6 cm³/mol. The topological polar surface area (TPSA) is 18.5 Å². The molecule has 2 unspecified atom stereocenters. The first-order valence-corrected chi connectivity index (χ1v) is 5.37. The normalized spacial score (nSPS) is 18.0. The largest absolute Gasteiger partial charge is 0.370 e. The molecule has 86 valence electrons. The van der Waals surface area contributed by atoms with Gasteiger partial charge in [0.15, 0.2) is 0 Å². The molecule has 0 aliphatic heterocycles. The maximum Gasteiger partial charge on any atom is 0.0813 e. The van der Waals surface area contributed by atoms with Crippen LogP contribution >= 0.6 is 0 Å². The minimum Gasteiger partial charge on any atom is -0.370 e. The van der Waals surface area contributed by atoms with Crippen molar-refractivity contribution in [3.05, 3.63) is 0 Å². The summed E-state index contributed by atoms with van der Waals surface area (Å²) < 4.78 is 11.6. The van der Waals surface area contributed by atoms with Crippen molar-refractivity contribution in [3.63, 3.8) is 0 Å². The summed E-state index contributed by atoms with van der Waals surface area (Å²) in [6.45, 7) is 16.5. The highest BCUT2D eigenvalue weighted by molar-refractivity contribution is 4.71. The van der Waals surface area contributed by atoms with Crippen LogP contribution in [0.3, 0.4) is 0 Å². The lowest BCUT2D eigenvalue weighted by atomic mass is 10.1. The molecular formula is C12H26O2. The molecule has 0 N–H and O–H groups in total. The molecule has 0 aliphatic carbocycles. The first kappa shape index (κ1) is 13.9. The van der Waals surface area contributed by atoms with Crippen LogP contribution in [0.4, 0.5) is 0 Å². The van der Waals surface area contributed by atoms with Crippen molar-refractivity contribution in [3.8, 4) is 0 Å². The van der Waals surface area contributed by atoms with E-state index in [9.17, 15) is 0 Å². The molecule has 0 aromatic rings.